The highest BCUT2D eigenvalue weighted by Crippen LogP contribution is 2.28. The lowest BCUT2D eigenvalue weighted by atomic mass is 10.4. The molecule has 2 rings (SSSR count). The highest BCUT2D eigenvalue weighted by molar-refractivity contribution is 9.11. The Balaban J connectivity index is 2.51. The van der Waals surface area contributed by atoms with Gasteiger partial charge >= 0.3 is 0 Å². The summed E-state index contributed by atoms with van der Waals surface area (Å²) in [5.74, 6) is -0.468. The second-order valence-corrected chi connectivity index (χ2v) is 7.37. The summed E-state index contributed by atoms with van der Waals surface area (Å²) < 4.78 is 37.3. The first-order chi connectivity index (χ1) is 7.50. The van der Waals surface area contributed by atoms with E-state index in [1.807, 2.05) is 0 Å². The van der Waals surface area contributed by atoms with Crippen LogP contribution in [-0.4, -0.2) is 13.4 Å². The van der Waals surface area contributed by atoms with Crippen molar-refractivity contribution in [2.24, 2.45) is 0 Å². The van der Waals surface area contributed by atoms with Gasteiger partial charge in [-0.05, 0) is 40.2 Å². The lowest BCUT2D eigenvalue weighted by Gasteiger charge is -2.00. The SMILES string of the molecule is O=S(=O)(c1ccc(F)cc1)c1cnc(Br)s1. The molecule has 0 N–H and O–H groups in total. The maximum atomic E-state index is 12.7. The van der Waals surface area contributed by atoms with Crippen LogP contribution in [0.5, 0.6) is 0 Å². The number of hydrogen-bond donors (Lipinski definition) is 0. The quantitative estimate of drug-likeness (QED) is 0.799. The van der Waals surface area contributed by atoms with Gasteiger partial charge in [0, 0.05) is 0 Å². The van der Waals surface area contributed by atoms with Crippen molar-refractivity contribution in [2.45, 2.75) is 9.10 Å². The van der Waals surface area contributed by atoms with E-state index in [0.29, 0.717) is 3.92 Å². The van der Waals surface area contributed by atoms with Gasteiger partial charge in [-0.1, -0.05) is 11.3 Å². The second-order valence-electron chi connectivity index (χ2n) is 2.89. The molecule has 0 amide bonds. The van der Waals surface area contributed by atoms with E-state index in [0.717, 1.165) is 23.5 Å². The van der Waals surface area contributed by atoms with Crippen LogP contribution in [0.3, 0.4) is 0 Å². The predicted octanol–water partition coefficient (Wildman–Crippen LogP) is 2.88. The monoisotopic (exact) mass is 321 g/mol. The Labute approximate surface area is 104 Å². The smallest absolute Gasteiger partial charge is 0.217 e. The average Bonchev–Trinajstić information content (AvgIpc) is 2.66. The molecule has 0 spiro atoms. The number of thiazole rings is 1. The largest absolute Gasteiger partial charge is 0.236 e. The highest BCUT2D eigenvalue weighted by atomic mass is 79.9. The topological polar surface area (TPSA) is 47.0 Å². The van der Waals surface area contributed by atoms with Crippen molar-refractivity contribution in [3.05, 3.63) is 40.2 Å². The molecule has 0 radical (unpaired) electrons. The summed E-state index contributed by atoms with van der Waals surface area (Å²) >= 11 is 4.11. The van der Waals surface area contributed by atoms with Crippen LogP contribution in [0, 0.1) is 5.82 Å². The van der Waals surface area contributed by atoms with E-state index in [1.54, 1.807) is 0 Å². The van der Waals surface area contributed by atoms with Crippen molar-refractivity contribution < 1.29 is 12.8 Å². The van der Waals surface area contributed by atoms with Gasteiger partial charge in [0.25, 0.3) is 0 Å². The van der Waals surface area contributed by atoms with E-state index in [4.69, 9.17) is 0 Å². The maximum Gasteiger partial charge on any atom is 0.217 e. The molecule has 0 atom stereocenters. The third kappa shape index (κ3) is 2.16. The third-order valence-corrected chi connectivity index (χ3v) is 5.55. The predicted molar refractivity (Wildman–Crippen MR) is 61.7 cm³/mol. The Morgan fingerprint density at radius 3 is 2.38 bits per heavy atom. The fourth-order valence-electron chi connectivity index (χ4n) is 1.09. The minimum absolute atomic E-state index is 0.0602. The lowest BCUT2D eigenvalue weighted by molar-refractivity contribution is 0.596. The van der Waals surface area contributed by atoms with Crippen LogP contribution in [0.1, 0.15) is 0 Å². The molecule has 0 unspecified atom stereocenters. The first kappa shape index (κ1) is 11.7. The molecule has 0 bridgehead atoms. The molecule has 84 valence electrons. The van der Waals surface area contributed by atoms with Crippen molar-refractivity contribution in [3.63, 3.8) is 0 Å². The van der Waals surface area contributed by atoms with Gasteiger partial charge in [-0.15, -0.1) is 0 Å². The van der Waals surface area contributed by atoms with E-state index in [9.17, 15) is 12.8 Å². The van der Waals surface area contributed by atoms with Crippen LogP contribution >= 0.6 is 27.3 Å². The number of rotatable bonds is 2. The Hall–Kier alpha value is -0.790. The molecule has 0 saturated heterocycles. The minimum Gasteiger partial charge on any atom is -0.236 e. The lowest BCUT2D eigenvalue weighted by Crippen LogP contribution is -1.99. The summed E-state index contributed by atoms with van der Waals surface area (Å²) in [6, 6.07) is 4.70. The standard InChI is InChI=1S/C9H5BrFNO2S2/c10-9-12-5-8(15-9)16(13,14)7-3-1-6(11)2-4-7/h1-5H. The molecule has 0 aliphatic heterocycles. The molecule has 0 fully saturated rings. The summed E-state index contributed by atoms with van der Waals surface area (Å²) in [7, 11) is -3.58. The minimum atomic E-state index is -3.58. The van der Waals surface area contributed by atoms with Crippen molar-refractivity contribution >= 4 is 37.1 Å². The molecule has 3 nitrogen and oxygen atoms in total. The first-order valence-corrected chi connectivity index (χ1v) is 7.21. The van der Waals surface area contributed by atoms with Gasteiger partial charge < -0.3 is 0 Å². The van der Waals surface area contributed by atoms with Crippen LogP contribution in [0.25, 0.3) is 0 Å². The molecule has 0 aliphatic rings. The number of hydrogen-bond acceptors (Lipinski definition) is 4. The fraction of sp³-hybridized carbons (Fsp3) is 0. The number of nitrogens with zero attached hydrogens (tertiary/aromatic N) is 1. The van der Waals surface area contributed by atoms with Crippen LogP contribution in [0.15, 0.2) is 43.5 Å². The normalized spacial score (nSPS) is 11.6. The van der Waals surface area contributed by atoms with Gasteiger partial charge in [0.1, 0.15) is 10.0 Å². The summed E-state index contributed by atoms with van der Waals surface area (Å²) in [6.45, 7) is 0. The summed E-state index contributed by atoms with van der Waals surface area (Å²) in [6.07, 6.45) is 1.27. The van der Waals surface area contributed by atoms with E-state index >= 15 is 0 Å². The molecule has 0 aliphatic carbocycles. The van der Waals surface area contributed by atoms with Crippen LogP contribution in [0.2, 0.25) is 0 Å². The zero-order valence-electron chi connectivity index (χ0n) is 7.72. The highest BCUT2D eigenvalue weighted by Gasteiger charge is 2.20. The van der Waals surface area contributed by atoms with Gasteiger partial charge in [-0.25, -0.2) is 17.8 Å². The van der Waals surface area contributed by atoms with Crippen molar-refractivity contribution in [3.8, 4) is 0 Å². The van der Waals surface area contributed by atoms with E-state index in [2.05, 4.69) is 20.9 Å². The zero-order valence-corrected chi connectivity index (χ0v) is 10.9. The first-order valence-electron chi connectivity index (χ1n) is 4.12. The number of benzene rings is 1. The molecule has 2 aromatic rings. The van der Waals surface area contributed by atoms with Crippen molar-refractivity contribution in [1.29, 1.82) is 0 Å². The Kier molecular flexibility index (Phi) is 3.09. The van der Waals surface area contributed by atoms with Gasteiger partial charge in [-0.3, -0.25) is 0 Å². The van der Waals surface area contributed by atoms with E-state index in [-0.39, 0.29) is 9.10 Å². The average molecular weight is 322 g/mol. The molecule has 1 aromatic heterocycles. The van der Waals surface area contributed by atoms with Crippen LogP contribution < -0.4 is 0 Å². The molecular formula is C9H5BrFNO2S2. The number of sulfone groups is 1. The maximum absolute atomic E-state index is 12.7. The van der Waals surface area contributed by atoms with Crippen molar-refractivity contribution in [2.75, 3.05) is 0 Å². The van der Waals surface area contributed by atoms with Gasteiger partial charge in [0.15, 0.2) is 3.92 Å². The molecule has 1 aromatic carbocycles. The zero-order chi connectivity index (χ0) is 11.8. The Morgan fingerprint density at radius 1 is 1.25 bits per heavy atom. The molecule has 0 saturated carbocycles. The third-order valence-electron chi connectivity index (χ3n) is 1.85. The molecule has 16 heavy (non-hydrogen) atoms. The van der Waals surface area contributed by atoms with Gasteiger partial charge in [0.2, 0.25) is 9.84 Å². The molecule has 1 heterocycles. The number of halogens is 2. The van der Waals surface area contributed by atoms with E-state index < -0.39 is 15.7 Å². The van der Waals surface area contributed by atoms with E-state index in [1.165, 1.54) is 18.3 Å². The van der Waals surface area contributed by atoms with Gasteiger partial charge in [0.05, 0.1) is 11.1 Å². The van der Waals surface area contributed by atoms with Crippen LogP contribution in [0.4, 0.5) is 4.39 Å². The summed E-state index contributed by atoms with van der Waals surface area (Å²) in [5.41, 5.74) is 0. The summed E-state index contributed by atoms with van der Waals surface area (Å²) in [5, 5.41) is 0. The van der Waals surface area contributed by atoms with Gasteiger partial charge in [-0.2, -0.15) is 0 Å². The number of aromatic nitrogens is 1. The Morgan fingerprint density at radius 2 is 1.88 bits per heavy atom. The van der Waals surface area contributed by atoms with Crippen molar-refractivity contribution in [1.82, 2.24) is 4.98 Å². The molecule has 7 heteroatoms. The molecular weight excluding hydrogens is 317 g/mol. The Bertz CT molecular complexity index is 607. The second kappa shape index (κ2) is 4.23. The summed E-state index contributed by atoms with van der Waals surface area (Å²) in [4.78, 5) is 3.87. The van der Waals surface area contributed by atoms with Crippen LogP contribution in [-0.2, 0) is 9.84 Å². The fourth-order valence-corrected chi connectivity index (χ4v) is 4.30.